The normalized spacial score (nSPS) is 11.6. The molecule has 0 amide bonds. The van der Waals surface area contributed by atoms with Gasteiger partial charge in [0.25, 0.3) is 0 Å². The molecule has 0 N–H and O–H groups in total. The molecule has 0 radical (unpaired) electrons. The maximum absolute atomic E-state index is 12.9. The highest BCUT2D eigenvalue weighted by Crippen LogP contribution is 2.45. The maximum atomic E-state index is 12.9. The van der Waals surface area contributed by atoms with E-state index in [9.17, 15) is 8.42 Å². The minimum absolute atomic E-state index is 0.0263. The molecule has 15 rings (SSSR count). The molecular weight excluding hydrogens is 1000 g/mol. The fraction of sp³-hybridized carbons (Fsp3) is 0. The van der Waals surface area contributed by atoms with Gasteiger partial charge >= 0.3 is 10.1 Å². The van der Waals surface area contributed by atoms with Gasteiger partial charge in [-0.3, -0.25) is 4.98 Å². The Kier molecular flexibility index (Phi) is 12.1. The average Bonchev–Trinajstić information content (AvgIpc) is 4.16. The first-order chi connectivity index (χ1) is 39.4. The molecule has 12 aromatic carbocycles. The third-order valence-electron chi connectivity index (χ3n) is 14.7. The van der Waals surface area contributed by atoms with Crippen LogP contribution in [0.25, 0.3) is 133 Å². The molecule has 9 heteroatoms. The van der Waals surface area contributed by atoms with Crippen LogP contribution in [0.5, 0.6) is 5.75 Å². The van der Waals surface area contributed by atoms with Gasteiger partial charge < -0.3 is 24.1 Å². The minimum Gasteiger partial charge on any atom is -0.435 e. The average molecular weight is 1050 g/mol. The van der Waals surface area contributed by atoms with Gasteiger partial charge in [-0.25, -0.2) is 0 Å². The lowest BCUT2D eigenvalue weighted by atomic mass is 9.86. The van der Waals surface area contributed by atoms with Crippen LogP contribution in [0.2, 0.25) is 0 Å². The fourth-order valence-electron chi connectivity index (χ4n) is 11.1. The van der Waals surface area contributed by atoms with Crippen LogP contribution in [-0.4, -0.2) is 23.4 Å². The van der Waals surface area contributed by atoms with Gasteiger partial charge in [0.1, 0.15) is 10.6 Å². The molecule has 0 unspecified atom stereocenters. The van der Waals surface area contributed by atoms with Crippen molar-refractivity contribution in [3.8, 4) is 73.2 Å². The van der Waals surface area contributed by atoms with E-state index in [0.717, 1.165) is 33.4 Å². The zero-order chi connectivity index (χ0) is 53.6. The molecule has 0 saturated carbocycles. The largest absolute Gasteiger partial charge is 0.435 e. The Morgan fingerprint density at radius 3 is 1.20 bits per heavy atom. The van der Waals surface area contributed by atoms with E-state index in [-0.39, 0.29) is 10.6 Å². The molecule has 0 saturated heterocycles. The van der Waals surface area contributed by atoms with E-state index in [4.69, 9.17) is 14.2 Å². The molecule has 3 aromatic heterocycles. The third kappa shape index (κ3) is 8.78. The topological polar surface area (TPSA) is 110 Å². The molecule has 0 fully saturated rings. The lowest BCUT2D eigenvalue weighted by molar-refractivity contribution is 0.486. The van der Waals surface area contributed by atoms with Crippen molar-refractivity contribution < 1.29 is 12.6 Å². The van der Waals surface area contributed by atoms with Crippen molar-refractivity contribution in [2.24, 2.45) is 0 Å². The van der Waals surface area contributed by atoms with Crippen LogP contribution in [-0.2, 0) is 10.1 Å². The number of hydrogen-bond acceptors (Lipinski definition) is 6. The number of benzene rings is 12. The van der Waals surface area contributed by atoms with E-state index >= 15 is 0 Å². The highest BCUT2D eigenvalue weighted by atomic mass is 32.2. The monoisotopic (exact) mass is 1050 g/mol. The summed E-state index contributed by atoms with van der Waals surface area (Å²) in [4.78, 5) is 23.5. The van der Waals surface area contributed by atoms with Crippen LogP contribution in [0.1, 0.15) is 0 Å². The first-order valence-corrected chi connectivity index (χ1v) is 27.7. The molecule has 0 aliphatic heterocycles. The second-order valence-corrected chi connectivity index (χ2v) is 21.1. The summed E-state index contributed by atoms with van der Waals surface area (Å²) in [7, 11) is -4.02. The Morgan fingerprint density at radius 1 is 0.325 bits per heavy atom. The molecule has 0 bridgehead atoms. The number of rotatable bonds is 9. The van der Waals surface area contributed by atoms with Crippen LogP contribution < -0.4 is 14.2 Å². The zero-order valence-electron chi connectivity index (χ0n) is 42.8. The second-order valence-electron chi connectivity index (χ2n) is 19.5. The van der Waals surface area contributed by atoms with Crippen LogP contribution >= 0.6 is 0 Å². The molecule has 0 spiro atoms. The maximum Gasteiger partial charge on any atom is 0.339 e. The predicted octanol–water partition coefficient (Wildman–Crippen LogP) is 17.2. The number of imidazole rings is 2. The summed E-state index contributed by atoms with van der Waals surface area (Å²) in [5, 5.41) is 9.69. The lowest BCUT2D eigenvalue weighted by Crippen LogP contribution is -2.09. The van der Waals surface area contributed by atoms with Gasteiger partial charge in [0.15, 0.2) is 0 Å². The van der Waals surface area contributed by atoms with Gasteiger partial charge in [-0.05, 0) is 146 Å². The third-order valence-corrected chi connectivity index (χ3v) is 15.9. The number of fused-ring (bicyclic) bond motifs is 6. The van der Waals surface area contributed by atoms with Crippen molar-refractivity contribution in [1.29, 1.82) is 0 Å². The van der Waals surface area contributed by atoms with Gasteiger partial charge in [-0.1, -0.05) is 242 Å². The van der Waals surface area contributed by atoms with Gasteiger partial charge in [0, 0.05) is 11.8 Å². The van der Waals surface area contributed by atoms with Crippen LogP contribution in [0.4, 0.5) is 0 Å². The summed E-state index contributed by atoms with van der Waals surface area (Å²) < 4.78 is 31.1. The summed E-state index contributed by atoms with van der Waals surface area (Å²) in [6.45, 7) is 0. The summed E-state index contributed by atoms with van der Waals surface area (Å²) in [5.74, 6) is 1.44. The molecule has 3 heterocycles. The van der Waals surface area contributed by atoms with Crippen molar-refractivity contribution in [2.75, 3.05) is 0 Å². The predicted molar refractivity (Wildman–Crippen MR) is 325 cm³/mol. The van der Waals surface area contributed by atoms with E-state index in [1.165, 1.54) is 88.6 Å². The van der Waals surface area contributed by atoms with E-state index in [2.05, 4.69) is 185 Å². The van der Waals surface area contributed by atoms with E-state index in [1.807, 2.05) is 54.7 Å². The Hall–Kier alpha value is -10.5. The number of pyridine rings is 1. The first-order valence-electron chi connectivity index (χ1n) is 26.3. The van der Waals surface area contributed by atoms with E-state index in [0.29, 0.717) is 22.7 Å². The Balaban J connectivity index is 0.000000149. The summed E-state index contributed by atoms with van der Waals surface area (Å²) in [6, 6.07) is 89.1. The molecule has 0 aliphatic rings. The number of aromatic nitrogens is 5. The van der Waals surface area contributed by atoms with Crippen LogP contribution in [0, 0.1) is 0 Å². The number of para-hydroxylation sites is 3. The Bertz CT molecular complexity index is 4760. The van der Waals surface area contributed by atoms with Crippen LogP contribution in [0.15, 0.2) is 278 Å². The zero-order valence-corrected chi connectivity index (χ0v) is 43.7. The van der Waals surface area contributed by atoms with E-state index < -0.39 is 10.1 Å². The van der Waals surface area contributed by atoms with Gasteiger partial charge in [0.05, 0.1) is 5.69 Å². The molecule has 8 nitrogen and oxygen atoms in total. The van der Waals surface area contributed by atoms with Gasteiger partial charge in [-0.2, -0.15) is 8.42 Å². The van der Waals surface area contributed by atoms with Crippen molar-refractivity contribution in [3.63, 3.8) is 0 Å². The summed E-state index contributed by atoms with van der Waals surface area (Å²) in [5.41, 5.74) is 14.0. The van der Waals surface area contributed by atoms with Crippen molar-refractivity contribution in [2.45, 2.75) is 4.90 Å². The fourth-order valence-corrected chi connectivity index (χ4v) is 12.0. The van der Waals surface area contributed by atoms with Crippen molar-refractivity contribution in [1.82, 2.24) is 24.9 Å². The SMILES string of the molecule is O=S(=O)(Oc1ccccc1)c1ccc2[n-]c(-c3ccc(-c4c5ccccc5c(-c5ccccc5)c5ccccc45)cc3)nc2c1.c1ccc(-c2c3ccccc3c(-c3ccc(-c4nc5ccccc5[n-]4)nc3)c3ccccc23)cc1. The number of hydrogen-bond donors (Lipinski definition) is 0. The Labute approximate surface area is 461 Å². The summed E-state index contributed by atoms with van der Waals surface area (Å²) >= 11 is 0. The van der Waals surface area contributed by atoms with Crippen molar-refractivity contribution >= 4 is 75.3 Å². The van der Waals surface area contributed by atoms with E-state index in [1.54, 1.807) is 36.4 Å². The standard InChI is InChI=1S/C39H25N2O3S.C32H20N3/c42-45(43,44-29-13-5-2-6-14-29)30-23-24-35-36(25-30)41-39(40-35)28-21-19-27(20-22-28)38-33-17-9-7-15-31(33)37(26-11-3-1-4-12-26)32-16-8-10-18-34(32)38;1-2-10-21(11-3-1)30-23-12-4-6-14-25(23)31(26-15-7-5-13-24(26)30)22-18-19-29(33-20-22)32-34-27-16-8-9-17-28(27)35-32/h1-25H;1-20H/q2*-1. The molecule has 0 atom stereocenters. The Morgan fingerprint density at radius 2 is 0.713 bits per heavy atom. The quantitative estimate of drug-likeness (QED) is 0.104. The molecule has 0 aliphatic carbocycles. The van der Waals surface area contributed by atoms with Crippen LogP contribution in [0.3, 0.4) is 0 Å². The smallest absolute Gasteiger partial charge is 0.339 e. The highest BCUT2D eigenvalue weighted by molar-refractivity contribution is 7.87. The van der Waals surface area contributed by atoms with Gasteiger partial charge in [0.2, 0.25) is 0 Å². The molecule has 15 aromatic rings. The second kappa shape index (κ2) is 20.1. The molecule has 80 heavy (non-hydrogen) atoms. The molecule has 380 valence electrons. The van der Waals surface area contributed by atoms with Crippen molar-refractivity contribution in [3.05, 3.63) is 273 Å². The molecular formula is C71H45N5O3S-2. The van der Waals surface area contributed by atoms with Gasteiger partial charge in [-0.15, -0.1) is 0 Å². The minimum atomic E-state index is -4.02. The highest BCUT2D eigenvalue weighted by Gasteiger charge is 2.20. The lowest BCUT2D eigenvalue weighted by Gasteiger charge is -2.18. The number of nitrogens with zero attached hydrogens (tertiary/aromatic N) is 5. The first kappa shape index (κ1) is 47.9. The summed E-state index contributed by atoms with van der Waals surface area (Å²) in [6.07, 6.45) is 1.95.